The van der Waals surface area contributed by atoms with Crippen LogP contribution < -0.4 is 5.73 Å². The van der Waals surface area contributed by atoms with E-state index in [9.17, 15) is 9.90 Å². The van der Waals surface area contributed by atoms with E-state index < -0.39 is 5.60 Å². The van der Waals surface area contributed by atoms with Gasteiger partial charge in [0.2, 0.25) is 0 Å². The average Bonchev–Trinajstić information content (AvgIpc) is 3.41. The van der Waals surface area contributed by atoms with Crippen molar-refractivity contribution in [3.05, 3.63) is 11.6 Å². The van der Waals surface area contributed by atoms with Crippen molar-refractivity contribution in [2.75, 3.05) is 13.7 Å². The molecule has 0 aromatic rings. The van der Waals surface area contributed by atoms with Gasteiger partial charge in [0.05, 0.1) is 30.0 Å². The molecule has 4 saturated carbocycles. The molecule has 0 radical (unpaired) electrons. The first-order valence-corrected chi connectivity index (χ1v) is 14.8. The molecule has 2 aliphatic heterocycles. The number of fused-ring (bicyclic) bond motifs is 5. The number of esters is 1. The summed E-state index contributed by atoms with van der Waals surface area (Å²) in [6.45, 7) is 7.22. The number of methoxy groups -OCH3 is 1. The number of nitrogens with two attached hydrogens (primary N) is 1. The summed E-state index contributed by atoms with van der Waals surface area (Å²) in [6, 6.07) is -0.120. The summed E-state index contributed by atoms with van der Waals surface area (Å²) in [7, 11) is 1.72. The molecule has 0 aromatic heterocycles. The Balaban J connectivity index is 1.15. The summed E-state index contributed by atoms with van der Waals surface area (Å²) in [5.41, 5.74) is 6.76. The second-order valence-corrected chi connectivity index (χ2v) is 13.7. The van der Waals surface area contributed by atoms with E-state index in [-0.39, 0.29) is 53.4 Å². The third-order valence-corrected chi connectivity index (χ3v) is 12.3. The Labute approximate surface area is 221 Å². The van der Waals surface area contributed by atoms with Crippen molar-refractivity contribution in [1.82, 2.24) is 0 Å². The van der Waals surface area contributed by atoms with Gasteiger partial charge in [0.15, 0.2) is 6.29 Å². The van der Waals surface area contributed by atoms with Crippen LogP contribution in [0.5, 0.6) is 0 Å². The molecule has 0 unspecified atom stereocenters. The fourth-order valence-electron chi connectivity index (χ4n) is 10.1. The Morgan fingerprint density at radius 1 is 1.05 bits per heavy atom. The Morgan fingerprint density at radius 2 is 1.86 bits per heavy atom. The van der Waals surface area contributed by atoms with Crippen molar-refractivity contribution in [2.45, 2.75) is 121 Å². The zero-order valence-electron chi connectivity index (χ0n) is 23.1. The molecule has 0 bridgehead atoms. The maximum atomic E-state index is 12.4. The minimum Gasteiger partial charge on any atom is -0.458 e. The number of aliphatic hydroxyl groups is 1. The summed E-state index contributed by atoms with van der Waals surface area (Å²) in [6.07, 6.45) is 11.7. The minimum atomic E-state index is -0.658. The van der Waals surface area contributed by atoms with Crippen LogP contribution in [-0.2, 0) is 23.7 Å². The van der Waals surface area contributed by atoms with Gasteiger partial charge in [0, 0.05) is 25.0 Å². The SMILES string of the molecule is CO[C@@H]1C[C@@H](O[C@H]2CC[C@]3(C)[C@@H](CC[C@H]4[C@@H]3CC[C@]3(C)[C@H](C5=CC(=O)OC5)CC[C@]43O)C2)O[C@H](C)[C@@H]1N. The quantitative estimate of drug-likeness (QED) is 0.428. The van der Waals surface area contributed by atoms with Crippen LogP contribution in [0.1, 0.15) is 85.0 Å². The van der Waals surface area contributed by atoms with Crippen LogP contribution in [0.25, 0.3) is 0 Å². The lowest BCUT2D eigenvalue weighted by atomic mass is 9.43. The summed E-state index contributed by atoms with van der Waals surface area (Å²) in [4.78, 5) is 11.8. The van der Waals surface area contributed by atoms with E-state index in [4.69, 9.17) is 24.7 Å². The second kappa shape index (κ2) is 9.29. The van der Waals surface area contributed by atoms with Crippen LogP contribution in [0, 0.1) is 34.5 Å². The van der Waals surface area contributed by atoms with Crippen LogP contribution in [0.15, 0.2) is 11.6 Å². The van der Waals surface area contributed by atoms with Gasteiger partial charge in [-0.3, -0.25) is 0 Å². The summed E-state index contributed by atoms with van der Waals surface area (Å²) in [5.74, 6) is 1.52. The molecule has 7 heteroatoms. The van der Waals surface area contributed by atoms with E-state index >= 15 is 0 Å². The molecule has 0 amide bonds. The van der Waals surface area contributed by atoms with Gasteiger partial charge < -0.3 is 29.8 Å². The molecule has 5 fully saturated rings. The number of carbonyl (C=O) groups excluding carboxylic acids is 1. The summed E-state index contributed by atoms with van der Waals surface area (Å²) >= 11 is 0. The predicted molar refractivity (Wildman–Crippen MR) is 138 cm³/mol. The predicted octanol–water partition coefficient (Wildman–Crippen LogP) is 4.11. The highest BCUT2D eigenvalue weighted by molar-refractivity contribution is 5.85. The number of cyclic esters (lactones) is 1. The zero-order valence-corrected chi connectivity index (χ0v) is 23.1. The van der Waals surface area contributed by atoms with Crippen molar-refractivity contribution < 1.29 is 28.8 Å². The van der Waals surface area contributed by atoms with Gasteiger partial charge in [-0.05, 0) is 99.4 Å². The Kier molecular flexibility index (Phi) is 6.59. The minimum absolute atomic E-state index is 0.0322. The second-order valence-electron chi connectivity index (χ2n) is 13.7. The van der Waals surface area contributed by atoms with E-state index in [1.54, 1.807) is 13.2 Å². The summed E-state index contributed by atoms with van der Waals surface area (Å²) < 4.78 is 23.5. The molecule has 208 valence electrons. The third-order valence-electron chi connectivity index (χ3n) is 12.3. The molecule has 1 saturated heterocycles. The number of rotatable bonds is 4. The maximum Gasteiger partial charge on any atom is 0.331 e. The van der Waals surface area contributed by atoms with Crippen molar-refractivity contribution in [1.29, 1.82) is 0 Å². The molecule has 7 nitrogen and oxygen atoms in total. The van der Waals surface area contributed by atoms with Crippen LogP contribution in [0.2, 0.25) is 0 Å². The van der Waals surface area contributed by atoms with E-state index in [1.165, 1.54) is 0 Å². The van der Waals surface area contributed by atoms with Gasteiger partial charge in [-0.15, -0.1) is 0 Å². The molecule has 2 heterocycles. The number of ether oxygens (including phenoxy) is 4. The normalized spacial score (nSPS) is 53.6. The molecule has 0 aromatic carbocycles. The van der Waals surface area contributed by atoms with Crippen LogP contribution in [0.3, 0.4) is 0 Å². The maximum absolute atomic E-state index is 12.4. The standard InChI is InChI=1S/C30H47NO6/c1-17-27(31)24(34-4)15-26(36-17)37-20-7-10-28(2)19(14-20)5-6-23-22(28)8-11-29(3)21(9-12-30(23,29)33)18-13-25(32)35-16-18/h13,17,19-24,26-27,33H,5-12,14-16,31H2,1-4H3/t17-,19+,20+,21+,22+,23+,24-,26-,27+,28-,29-,30+/m1/s1. The highest BCUT2D eigenvalue weighted by Gasteiger charge is 2.67. The van der Waals surface area contributed by atoms with E-state index in [2.05, 4.69) is 13.8 Å². The Morgan fingerprint density at radius 3 is 2.59 bits per heavy atom. The molecule has 6 rings (SSSR count). The Hall–Kier alpha value is -0.990. The largest absolute Gasteiger partial charge is 0.458 e. The lowest BCUT2D eigenvalue weighted by molar-refractivity contribution is -0.254. The summed E-state index contributed by atoms with van der Waals surface area (Å²) in [5, 5.41) is 12.4. The van der Waals surface area contributed by atoms with E-state index in [0.29, 0.717) is 30.8 Å². The fraction of sp³-hybridized carbons (Fsp3) is 0.900. The van der Waals surface area contributed by atoms with Crippen molar-refractivity contribution in [2.24, 2.45) is 40.2 Å². The number of hydrogen-bond acceptors (Lipinski definition) is 7. The smallest absolute Gasteiger partial charge is 0.331 e. The van der Waals surface area contributed by atoms with Gasteiger partial charge in [0.1, 0.15) is 6.61 Å². The molecule has 12 atom stereocenters. The molecule has 0 spiro atoms. The molecule has 37 heavy (non-hydrogen) atoms. The van der Waals surface area contributed by atoms with Gasteiger partial charge in [-0.2, -0.15) is 0 Å². The molecule has 6 aliphatic rings. The lowest BCUT2D eigenvalue weighted by Gasteiger charge is -2.64. The average molecular weight is 518 g/mol. The van der Waals surface area contributed by atoms with Crippen molar-refractivity contribution in [3.8, 4) is 0 Å². The van der Waals surface area contributed by atoms with Gasteiger partial charge in [-0.1, -0.05) is 13.8 Å². The topological polar surface area (TPSA) is 100 Å². The number of carbonyl (C=O) groups is 1. The molecule has 4 aliphatic carbocycles. The van der Waals surface area contributed by atoms with E-state index in [1.807, 2.05) is 6.92 Å². The third kappa shape index (κ3) is 3.97. The first-order chi connectivity index (χ1) is 17.6. The van der Waals surface area contributed by atoms with Crippen LogP contribution in [-0.4, -0.2) is 61.0 Å². The zero-order chi connectivity index (χ0) is 26.2. The van der Waals surface area contributed by atoms with Gasteiger partial charge in [-0.25, -0.2) is 4.79 Å². The van der Waals surface area contributed by atoms with Crippen molar-refractivity contribution in [3.63, 3.8) is 0 Å². The van der Waals surface area contributed by atoms with Crippen LogP contribution >= 0.6 is 0 Å². The molecular formula is C30H47NO6. The van der Waals surface area contributed by atoms with Gasteiger partial charge in [0.25, 0.3) is 0 Å². The fourth-order valence-corrected chi connectivity index (χ4v) is 10.1. The molecular weight excluding hydrogens is 470 g/mol. The van der Waals surface area contributed by atoms with Gasteiger partial charge >= 0.3 is 5.97 Å². The highest BCUT2D eigenvalue weighted by atomic mass is 16.7. The van der Waals surface area contributed by atoms with Crippen LogP contribution in [0.4, 0.5) is 0 Å². The van der Waals surface area contributed by atoms with Crippen molar-refractivity contribution >= 4 is 5.97 Å². The Bertz CT molecular complexity index is 939. The highest BCUT2D eigenvalue weighted by Crippen LogP contribution is 2.70. The molecule has 3 N–H and O–H groups in total. The monoisotopic (exact) mass is 517 g/mol. The first kappa shape index (κ1) is 26.2. The lowest BCUT2D eigenvalue weighted by Crippen LogP contribution is -2.62. The van der Waals surface area contributed by atoms with E-state index in [0.717, 1.165) is 63.4 Å². The number of hydrogen-bond donors (Lipinski definition) is 2. The first-order valence-electron chi connectivity index (χ1n) is 14.8.